The molecule has 2 aromatic rings. The Bertz CT molecular complexity index is 888. The lowest BCUT2D eigenvalue weighted by molar-refractivity contribution is 0.602. The standard InChI is InChI=1S/C18H14N2O2S/c19-12-17(11-15-7-3-1-4-8-15)18(13-20)23(21,22)14-16-9-5-2-6-10-16/h1-10H,11,14H2. The molecule has 114 valence electrons. The zero-order valence-electron chi connectivity index (χ0n) is 12.3. The van der Waals surface area contributed by atoms with Crippen LogP contribution >= 0.6 is 0 Å². The Hall–Kier alpha value is -2.89. The lowest BCUT2D eigenvalue weighted by Gasteiger charge is -2.06. The molecule has 0 fully saturated rings. The highest BCUT2D eigenvalue weighted by atomic mass is 32.2. The molecule has 5 heteroatoms. The van der Waals surface area contributed by atoms with E-state index in [4.69, 9.17) is 0 Å². The van der Waals surface area contributed by atoms with Gasteiger partial charge in [0.2, 0.25) is 0 Å². The number of nitriles is 2. The van der Waals surface area contributed by atoms with Crippen LogP contribution in [0.2, 0.25) is 0 Å². The zero-order chi connectivity index (χ0) is 16.7. The molecule has 0 radical (unpaired) electrons. The molecule has 0 saturated heterocycles. The lowest BCUT2D eigenvalue weighted by Crippen LogP contribution is -2.10. The highest BCUT2D eigenvalue weighted by Crippen LogP contribution is 2.20. The number of hydrogen-bond acceptors (Lipinski definition) is 4. The maximum absolute atomic E-state index is 12.5. The highest BCUT2D eigenvalue weighted by molar-refractivity contribution is 7.94. The van der Waals surface area contributed by atoms with E-state index in [0.29, 0.717) is 5.56 Å². The Morgan fingerprint density at radius 3 is 1.83 bits per heavy atom. The van der Waals surface area contributed by atoms with Crippen LogP contribution < -0.4 is 0 Å². The van der Waals surface area contributed by atoms with Gasteiger partial charge in [-0.1, -0.05) is 60.7 Å². The lowest BCUT2D eigenvalue weighted by atomic mass is 10.1. The Morgan fingerprint density at radius 1 is 0.826 bits per heavy atom. The van der Waals surface area contributed by atoms with E-state index in [1.165, 1.54) is 0 Å². The van der Waals surface area contributed by atoms with Crippen molar-refractivity contribution in [1.82, 2.24) is 0 Å². The Labute approximate surface area is 135 Å². The molecule has 0 spiro atoms. The van der Waals surface area contributed by atoms with E-state index >= 15 is 0 Å². The molecule has 2 aromatic carbocycles. The first kappa shape index (κ1) is 16.5. The summed E-state index contributed by atoms with van der Waals surface area (Å²) in [5.41, 5.74) is 1.33. The summed E-state index contributed by atoms with van der Waals surface area (Å²) >= 11 is 0. The third-order valence-electron chi connectivity index (χ3n) is 3.24. The largest absolute Gasteiger partial charge is 0.223 e. The Morgan fingerprint density at radius 2 is 1.35 bits per heavy atom. The van der Waals surface area contributed by atoms with Crippen molar-refractivity contribution in [3.63, 3.8) is 0 Å². The van der Waals surface area contributed by atoms with Crippen molar-refractivity contribution in [3.8, 4) is 12.1 Å². The number of rotatable bonds is 5. The molecular weight excluding hydrogens is 308 g/mol. The van der Waals surface area contributed by atoms with Crippen molar-refractivity contribution < 1.29 is 8.42 Å². The summed E-state index contributed by atoms with van der Waals surface area (Å²) in [6.07, 6.45) is 0.119. The van der Waals surface area contributed by atoms with Gasteiger partial charge in [0.25, 0.3) is 0 Å². The van der Waals surface area contributed by atoms with Crippen LogP contribution in [0.3, 0.4) is 0 Å². The predicted molar refractivity (Wildman–Crippen MR) is 87.5 cm³/mol. The van der Waals surface area contributed by atoms with Gasteiger partial charge in [-0.05, 0) is 11.1 Å². The van der Waals surface area contributed by atoms with Crippen molar-refractivity contribution in [2.24, 2.45) is 0 Å². The van der Waals surface area contributed by atoms with E-state index in [9.17, 15) is 18.9 Å². The molecule has 0 aliphatic rings. The van der Waals surface area contributed by atoms with E-state index in [0.717, 1.165) is 5.56 Å². The van der Waals surface area contributed by atoms with Gasteiger partial charge in [-0.3, -0.25) is 0 Å². The first-order chi connectivity index (χ1) is 11.1. The molecule has 4 nitrogen and oxygen atoms in total. The molecule has 0 heterocycles. The topological polar surface area (TPSA) is 81.7 Å². The van der Waals surface area contributed by atoms with Gasteiger partial charge in [0.15, 0.2) is 14.7 Å². The molecule has 0 N–H and O–H groups in total. The van der Waals surface area contributed by atoms with Crippen LogP contribution in [0.5, 0.6) is 0 Å². The molecule has 0 aliphatic heterocycles. The third-order valence-corrected chi connectivity index (χ3v) is 4.92. The van der Waals surface area contributed by atoms with E-state index in [1.54, 1.807) is 60.7 Å². The molecule has 2 rings (SSSR count). The summed E-state index contributed by atoms with van der Waals surface area (Å²) in [5, 5.41) is 18.6. The Balaban J connectivity index is 2.39. The molecule has 0 atom stereocenters. The van der Waals surface area contributed by atoms with Crippen molar-refractivity contribution >= 4 is 9.84 Å². The summed E-state index contributed by atoms with van der Waals surface area (Å²) in [5.74, 6) is -0.295. The van der Waals surface area contributed by atoms with Crippen molar-refractivity contribution in [2.45, 2.75) is 12.2 Å². The number of allylic oxidation sites excluding steroid dienone is 2. The van der Waals surface area contributed by atoms with Crippen molar-refractivity contribution in [1.29, 1.82) is 10.5 Å². The summed E-state index contributed by atoms with van der Waals surface area (Å²) < 4.78 is 25.0. The van der Waals surface area contributed by atoms with Crippen LogP contribution in [0, 0.1) is 22.7 Å². The number of benzene rings is 2. The fourth-order valence-corrected chi connectivity index (χ4v) is 3.57. The minimum Gasteiger partial charge on any atom is -0.223 e. The number of hydrogen-bond donors (Lipinski definition) is 0. The fraction of sp³-hybridized carbons (Fsp3) is 0.111. The smallest absolute Gasteiger partial charge is 0.193 e. The summed E-state index contributed by atoms with van der Waals surface area (Å²) in [6.45, 7) is 0. The second-order valence-electron chi connectivity index (χ2n) is 4.94. The van der Waals surface area contributed by atoms with Gasteiger partial charge in [-0.15, -0.1) is 0 Å². The second kappa shape index (κ2) is 7.40. The summed E-state index contributed by atoms with van der Waals surface area (Å²) in [6, 6.07) is 21.2. The van der Waals surface area contributed by atoms with E-state index < -0.39 is 14.7 Å². The van der Waals surface area contributed by atoms with Crippen LogP contribution in [0.15, 0.2) is 71.1 Å². The normalized spacial score (nSPS) is 11.9. The third kappa shape index (κ3) is 4.29. The van der Waals surface area contributed by atoms with Crippen LogP contribution in [-0.2, 0) is 22.0 Å². The quantitative estimate of drug-likeness (QED) is 0.792. The van der Waals surface area contributed by atoms with Crippen LogP contribution in [0.1, 0.15) is 11.1 Å². The van der Waals surface area contributed by atoms with Gasteiger partial charge in [0, 0.05) is 6.42 Å². The number of sulfone groups is 1. The monoisotopic (exact) mass is 322 g/mol. The minimum atomic E-state index is -3.86. The van der Waals surface area contributed by atoms with Gasteiger partial charge in [0.1, 0.15) is 6.07 Å². The van der Waals surface area contributed by atoms with E-state index in [2.05, 4.69) is 0 Å². The molecule has 0 aromatic heterocycles. The van der Waals surface area contributed by atoms with Gasteiger partial charge in [0.05, 0.1) is 17.4 Å². The molecule has 0 bridgehead atoms. The molecule has 0 aliphatic carbocycles. The average Bonchev–Trinajstić information content (AvgIpc) is 2.55. The van der Waals surface area contributed by atoms with Crippen molar-refractivity contribution in [2.75, 3.05) is 0 Å². The van der Waals surface area contributed by atoms with Crippen molar-refractivity contribution in [3.05, 3.63) is 82.3 Å². The van der Waals surface area contributed by atoms with Gasteiger partial charge >= 0.3 is 0 Å². The van der Waals surface area contributed by atoms with Crippen LogP contribution in [0.4, 0.5) is 0 Å². The van der Waals surface area contributed by atoms with Gasteiger partial charge in [-0.25, -0.2) is 8.42 Å². The molecule has 0 amide bonds. The predicted octanol–water partition coefficient (Wildman–Crippen LogP) is 3.15. The maximum Gasteiger partial charge on any atom is 0.193 e. The minimum absolute atomic E-state index is 0.0327. The Kier molecular flexibility index (Phi) is 5.30. The van der Waals surface area contributed by atoms with Crippen LogP contribution in [-0.4, -0.2) is 8.42 Å². The second-order valence-corrected chi connectivity index (χ2v) is 6.86. The van der Waals surface area contributed by atoms with Gasteiger partial charge < -0.3 is 0 Å². The first-order valence-electron chi connectivity index (χ1n) is 6.91. The fourth-order valence-electron chi connectivity index (χ4n) is 2.16. The van der Waals surface area contributed by atoms with Gasteiger partial charge in [-0.2, -0.15) is 10.5 Å². The highest BCUT2D eigenvalue weighted by Gasteiger charge is 2.23. The molecular formula is C18H14N2O2S. The van der Waals surface area contributed by atoms with E-state index in [1.807, 2.05) is 12.1 Å². The first-order valence-corrected chi connectivity index (χ1v) is 8.56. The van der Waals surface area contributed by atoms with Crippen LogP contribution in [0.25, 0.3) is 0 Å². The average molecular weight is 322 g/mol. The maximum atomic E-state index is 12.5. The zero-order valence-corrected chi connectivity index (χ0v) is 13.1. The molecule has 0 unspecified atom stereocenters. The SMILES string of the molecule is N#CC(Cc1ccccc1)=C(C#N)S(=O)(=O)Cc1ccccc1. The van der Waals surface area contributed by atoms with E-state index in [-0.39, 0.29) is 17.7 Å². The molecule has 0 saturated carbocycles. The number of nitrogens with zero attached hydrogens (tertiary/aromatic N) is 2. The summed E-state index contributed by atoms with van der Waals surface area (Å²) in [7, 11) is -3.86. The molecule has 23 heavy (non-hydrogen) atoms. The summed E-state index contributed by atoms with van der Waals surface area (Å²) in [4.78, 5) is -0.451.